The zero-order valence-electron chi connectivity index (χ0n) is 14.4. The van der Waals surface area contributed by atoms with E-state index in [0.29, 0.717) is 34.5 Å². The highest BCUT2D eigenvalue weighted by atomic mass is 32.1. The Labute approximate surface area is 147 Å². The second-order valence-corrected chi connectivity index (χ2v) is 8.08. The second-order valence-electron chi connectivity index (χ2n) is 7.70. The number of rotatable bonds is 2. The number of para-hydroxylation sites is 2. The Bertz CT molecular complexity index is 748. The van der Waals surface area contributed by atoms with Crippen molar-refractivity contribution < 1.29 is 9.84 Å². The predicted octanol–water partition coefficient (Wildman–Crippen LogP) is 3.06. The van der Waals surface area contributed by atoms with Crippen molar-refractivity contribution in [3.8, 4) is 5.75 Å². The minimum absolute atomic E-state index is 0.0647. The third kappa shape index (κ3) is 1.96. The highest BCUT2D eigenvalue weighted by Gasteiger charge is 2.75. The minimum atomic E-state index is -0.999. The lowest BCUT2D eigenvalue weighted by Gasteiger charge is -2.36. The summed E-state index contributed by atoms with van der Waals surface area (Å²) in [6.45, 7) is 6.56. The van der Waals surface area contributed by atoms with Gasteiger partial charge in [-0.3, -0.25) is 0 Å². The fourth-order valence-electron chi connectivity index (χ4n) is 4.83. The molecular formula is C18H23N3O2S. The molecule has 1 aliphatic heterocycles. The molecule has 3 aliphatic rings. The molecule has 1 heterocycles. The Morgan fingerprint density at radius 3 is 2.83 bits per heavy atom. The van der Waals surface area contributed by atoms with Gasteiger partial charge in [0.15, 0.2) is 10.8 Å². The molecule has 0 aromatic heterocycles. The van der Waals surface area contributed by atoms with Crippen LogP contribution in [0.25, 0.3) is 0 Å². The van der Waals surface area contributed by atoms with Crippen molar-refractivity contribution in [3.05, 3.63) is 24.3 Å². The summed E-state index contributed by atoms with van der Waals surface area (Å²) >= 11 is 5.56. The quantitative estimate of drug-likeness (QED) is 0.807. The largest absolute Gasteiger partial charge is 0.495 e. The van der Waals surface area contributed by atoms with E-state index in [1.54, 1.807) is 12.1 Å². The van der Waals surface area contributed by atoms with E-state index in [4.69, 9.17) is 17.0 Å². The summed E-state index contributed by atoms with van der Waals surface area (Å²) in [5, 5.41) is 21.1. The van der Waals surface area contributed by atoms with Gasteiger partial charge in [-0.25, -0.2) is 5.01 Å². The van der Waals surface area contributed by atoms with E-state index >= 15 is 0 Å². The van der Waals surface area contributed by atoms with Gasteiger partial charge < -0.3 is 15.2 Å². The van der Waals surface area contributed by atoms with Crippen LogP contribution in [0.2, 0.25) is 0 Å². The van der Waals surface area contributed by atoms with Gasteiger partial charge in [0.2, 0.25) is 0 Å². The van der Waals surface area contributed by atoms with Gasteiger partial charge >= 0.3 is 0 Å². The molecule has 0 saturated heterocycles. The monoisotopic (exact) mass is 345 g/mol. The van der Waals surface area contributed by atoms with Gasteiger partial charge in [-0.05, 0) is 48.5 Å². The molecule has 0 spiro atoms. The first-order valence-corrected chi connectivity index (χ1v) is 8.73. The molecule has 24 heavy (non-hydrogen) atoms. The van der Waals surface area contributed by atoms with Crippen molar-refractivity contribution in [1.29, 1.82) is 0 Å². The number of hydrazone groups is 1. The Kier molecular flexibility index (Phi) is 3.25. The van der Waals surface area contributed by atoms with Crippen molar-refractivity contribution >= 4 is 28.7 Å². The smallest absolute Gasteiger partial charge is 0.196 e. The molecule has 0 unspecified atom stereocenters. The molecule has 2 aliphatic carbocycles. The summed E-state index contributed by atoms with van der Waals surface area (Å²) < 4.78 is 5.35. The lowest BCUT2D eigenvalue weighted by Crippen LogP contribution is -2.51. The number of fused-ring (bicyclic) bond motifs is 3. The van der Waals surface area contributed by atoms with Gasteiger partial charge in [0.25, 0.3) is 0 Å². The molecule has 0 bridgehead atoms. The van der Waals surface area contributed by atoms with Gasteiger partial charge in [-0.2, -0.15) is 5.10 Å². The summed E-state index contributed by atoms with van der Waals surface area (Å²) in [4.78, 5) is 0. The standard InChI is InChI=1S/C18H23N3O2S/c1-10-14-15-11(17(15,2)3)9-18(14,22)21(20-10)16(24)19-12-7-5-6-8-13(12)23-4/h5-8,11,14-15,22H,9H2,1-4H3,(H,19,24)/t11-,14+,15-,18+/m1/s1. The fourth-order valence-corrected chi connectivity index (χ4v) is 5.14. The van der Waals surface area contributed by atoms with Crippen LogP contribution in [0.4, 0.5) is 5.69 Å². The zero-order valence-corrected chi connectivity index (χ0v) is 15.2. The SMILES string of the molecule is COc1ccccc1NC(=S)N1N=C(C)[C@H]2[C@H]3[C@@H](C[C@]21O)C3(C)C. The number of nitrogens with one attached hydrogen (secondary N) is 1. The van der Waals surface area contributed by atoms with Crippen molar-refractivity contribution in [1.82, 2.24) is 5.01 Å². The lowest BCUT2D eigenvalue weighted by atomic mass is 9.84. The van der Waals surface area contributed by atoms with E-state index in [9.17, 15) is 5.11 Å². The number of hydrogen-bond donors (Lipinski definition) is 2. The Morgan fingerprint density at radius 2 is 2.12 bits per heavy atom. The average molecular weight is 345 g/mol. The van der Waals surface area contributed by atoms with Crippen LogP contribution >= 0.6 is 12.2 Å². The van der Waals surface area contributed by atoms with E-state index in [2.05, 4.69) is 24.3 Å². The molecule has 6 heteroatoms. The van der Waals surface area contributed by atoms with Crippen molar-refractivity contribution in [2.24, 2.45) is 28.3 Å². The van der Waals surface area contributed by atoms with Gasteiger partial charge in [0.05, 0.1) is 18.7 Å². The third-order valence-corrected chi connectivity index (χ3v) is 6.41. The number of thiocarbonyl (C=S) groups is 1. The van der Waals surface area contributed by atoms with Crippen molar-refractivity contribution in [3.63, 3.8) is 0 Å². The molecule has 128 valence electrons. The molecule has 2 saturated carbocycles. The highest BCUT2D eigenvalue weighted by molar-refractivity contribution is 7.80. The van der Waals surface area contributed by atoms with Crippen LogP contribution < -0.4 is 10.1 Å². The van der Waals surface area contributed by atoms with Crippen LogP contribution in [-0.2, 0) is 0 Å². The van der Waals surface area contributed by atoms with Crippen LogP contribution in [0.1, 0.15) is 27.2 Å². The maximum absolute atomic E-state index is 11.3. The number of anilines is 1. The highest BCUT2D eigenvalue weighted by Crippen LogP contribution is 2.73. The zero-order chi connectivity index (χ0) is 17.3. The fraction of sp³-hybridized carbons (Fsp3) is 0.556. The number of hydrogen-bond acceptors (Lipinski definition) is 4. The van der Waals surface area contributed by atoms with Gasteiger partial charge in [0.1, 0.15) is 5.75 Å². The Morgan fingerprint density at radius 1 is 1.42 bits per heavy atom. The van der Waals surface area contributed by atoms with Crippen LogP contribution in [0.15, 0.2) is 29.4 Å². The molecule has 1 aromatic carbocycles. The Hall–Kier alpha value is -1.66. The van der Waals surface area contributed by atoms with Gasteiger partial charge in [-0.15, -0.1) is 0 Å². The maximum Gasteiger partial charge on any atom is 0.196 e. The minimum Gasteiger partial charge on any atom is -0.495 e. The molecule has 2 fully saturated rings. The van der Waals surface area contributed by atoms with E-state index < -0.39 is 5.72 Å². The van der Waals surface area contributed by atoms with Crippen LogP contribution in [0, 0.1) is 23.2 Å². The summed E-state index contributed by atoms with van der Waals surface area (Å²) in [5.41, 5.74) is 1.04. The summed E-state index contributed by atoms with van der Waals surface area (Å²) in [5.74, 6) is 1.80. The first-order chi connectivity index (χ1) is 11.3. The lowest BCUT2D eigenvalue weighted by molar-refractivity contribution is -0.0845. The Balaban J connectivity index is 1.58. The summed E-state index contributed by atoms with van der Waals surface area (Å²) in [7, 11) is 1.62. The summed E-state index contributed by atoms with van der Waals surface area (Å²) in [6.07, 6.45) is 0.712. The van der Waals surface area contributed by atoms with Crippen LogP contribution in [0.3, 0.4) is 0 Å². The molecule has 1 aromatic rings. The average Bonchev–Trinajstić information content (AvgIpc) is 2.84. The number of benzene rings is 1. The topological polar surface area (TPSA) is 57.1 Å². The molecular weight excluding hydrogens is 322 g/mol. The molecule has 5 nitrogen and oxygen atoms in total. The van der Waals surface area contributed by atoms with Gasteiger partial charge in [0, 0.05) is 12.1 Å². The summed E-state index contributed by atoms with van der Waals surface area (Å²) in [6, 6.07) is 7.58. The third-order valence-electron chi connectivity index (χ3n) is 6.13. The van der Waals surface area contributed by atoms with Crippen molar-refractivity contribution in [2.45, 2.75) is 32.9 Å². The van der Waals surface area contributed by atoms with E-state index in [1.807, 2.05) is 31.2 Å². The molecule has 4 atom stereocenters. The molecule has 0 amide bonds. The van der Waals surface area contributed by atoms with Crippen LogP contribution in [0.5, 0.6) is 5.75 Å². The van der Waals surface area contributed by atoms with Crippen molar-refractivity contribution in [2.75, 3.05) is 12.4 Å². The maximum atomic E-state index is 11.3. The van der Waals surface area contributed by atoms with E-state index in [0.717, 1.165) is 11.4 Å². The molecule has 4 rings (SSSR count). The number of aliphatic hydroxyl groups is 1. The normalized spacial score (nSPS) is 35.1. The first kappa shape index (κ1) is 15.8. The first-order valence-electron chi connectivity index (χ1n) is 8.32. The molecule has 0 radical (unpaired) electrons. The van der Waals surface area contributed by atoms with E-state index in [-0.39, 0.29) is 5.92 Å². The number of ether oxygens (including phenoxy) is 1. The predicted molar refractivity (Wildman–Crippen MR) is 98.0 cm³/mol. The number of methoxy groups -OCH3 is 1. The second kappa shape index (κ2) is 4.92. The number of nitrogens with zero attached hydrogens (tertiary/aromatic N) is 2. The van der Waals surface area contributed by atoms with Crippen LogP contribution in [-0.4, -0.2) is 33.8 Å². The van der Waals surface area contributed by atoms with Gasteiger partial charge in [-0.1, -0.05) is 26.0 Å². The molecule has 2 N–H and O–H groups in total. The van der Waals surface area contributed by atoms with E-state index in [1.165, 1.54) is 0 Å².